The number of amides is 1. The molecule has 14 heavy (non-hydrogen) atoms. The number of methoxy groups -OCH3 is 1. The van der Waals surface area contributed by atoms with Crippen molar-refractivity contribution < 1.29 is 14.6 Å². The lowest BCUT2D eigenvalue weighted by atomic mass is 10.2. The fourth-order valence-electron chi connectivity index (χ4n) is 1.55. The molecule has 0 saturated carbocycles. The van der Waals surface area contributed by atoms with Crippen molar-refractivity contribution in [1.29, 1.82) is 0 Å². The summed E-state index contributed by atoms with van der Waals surface area (Å²) in [5, 5.41) is 14.8. The highest BCUT2D eigenvalue weighted by Gasteiger charge is 2.23. The Bertz CT molecular complexity index is 181. The Morgan fingerprint density at radius 2 is 2.57 bits per heavy atom. The van der Waals surface area contributed by atoms with Crippen molar-refractivity contribution in [2.75, 3.05) is 26.9 Å². The second kappa shape index (κ2) is 5.95. The summed E-state index contributed by atoms with van der Waals surface area (Å²) in [5.74, 6) is -0.0430. The summed E-state index contributed by atoms with van der Waals surface area (Å²) in [5.41, 5.74) is 0. The maximum Gasteiger partial charge on any atom is 0.237 e. The molecule has 1 amide bonds. The fraction of sp³-hybridized carbons (Fsp3) is 0.889. The van der Waals surface area contributed by atoms with Crippen molar-refractivity contribution in [2.24, 2.45) is 0 Å². The van der Waals surface area contributed by atoms with Gasteiger partial charge in [-0.25, -0.2) is 0 Å². The van der Waals surface area contributed by atoms with E-state index in [9.17, 15) is 4.79 Å². The van der Waals surface area contributed by atoms with E-state index in [0.717, 1.165) is 19.4 Å². The summed E-state index contributed by atoms with van der Waals surface area (Å²) in [6.07, 6.45) is 1.91. The molecule has 0 aromatic rings. The van der Waals surface area contributed by atoms with Crippen LogP contribution in [0, 0.1) is 0 Å². The Balaban J connectivity index is 2.29. The third-order valence-electron chi connectivity index (χ3n) is 2.31. The number of carbonyl (C=O) groups excluding carboxylic acids is 1. The second-order valence-corrected chi connectivity index (χ2v) is 3.49. The molecule has 0 aromatic carbocycles. The molecule has 0 aromatic heterocycles. The van der Waals surface area contributed by atoms with E-state index in [1.165, 1.54) is 0 Å². The maximum absolute atomic E-state index is 11.5. The van der Waals surface area contributed by atoms with E-state index in [1.54, 1.807) is 7.11 Å². The number of carbonyl (C=O) groups is 1. The first-order chi connectivity index (χ1) is 6.77. The van der Waals surface area contributed by atoms with Crippen LogP contribution in [0.2, 0.25) is 0 Å². The van der Waals surface area contributed by atoms with Gasteiger partial charge in [-0.1, -0.05) is 0 Å². The van der Waals surface area contributed by atoms with Crippen LogP contribution in [-0.2, 0) is 9.53 Å². The number of hydrogen-bond donors (Lipinski definition) is 3. The lowest BCUT2D eigenvalue weighted by Gasteiger charge is -2.18. The highest BCUT2D eigenvalue weighted by Crippen LogP contribution is 2.04. The van der Waals surface area contributed by atoms with Crippen LogP contribution in [0.1, 0.15) is 12.8 Å². The molecule has 0 radical (unpaired) electrons. The molecular formula is C9H18N2O3. The van der Waals surface area contributed by atoms with E-state index in [-0.39, 0.29) is 24.6 Å². The Morgan fingerprint density at radius 1 is 1.79 bits per heavy atom. The molecule has 82 valence electrons. The SMILES string of the molecule is COCC(CO)NC(=O)[C@@H]1CCCN1. The van der Waals surface area contributed by atoms with E-state index in [4.69, 9.17) is 9.84 Å². The molecule has 1 aliphatic heterocycles. The first-order valence-corrected chi connectivity index (χ1v) is 4.91. The van der Waals surface area contributed by atoms with Crippen LogP contribution in [0.5, 0.6) is 0 Å². The molecule has 0 aliphatic carbocycles. The van der Waals surface area contributed by atoms with E-state index in [1.807, 2.05) is 0 Å². The Morgan fingerprint density at radius 3 is 3.07 bits per heavy atom. The monoisotopic (exact) mass is 202 g/mol. The summed E-state index contributed by atoms with van der Waals surface area (Å²) >= 11 is 0. The molecule has 1 rings (SSSR count). The molecule has 0 spiro atoms. The Hall–Kier alpha value is -0.650. The second-order valence-electron chi connectivity index (χ2n) is 3.49. The summed E-state index contributed by atoms with van der Waals surface area (Å²) in [6, 6.07) is -0.393. The largest absolute Gasteiger partial charge is 0.394 e. The van der Waals surface area contributed by atoms with Gasteiger partial charge in [0.05, 0.1) is 25.3 Å². The van der Waals surface area contributed by atoms with Gasteiger partial charge in [-0.2, -0.15) is 0 Å². The minimum atomic E-state index is -0.296. The minimum Gasteiger partial charge on any atom is -0.394 e. The van der Waals surface area contributed by atoms with Gasteiger partial charge in [-0.05, 0) is 19.4 Å². The summed E-state index contributed by atoms with van der Waals surface area (Å²) in [6.45, 7) is 1.15. The average Bonchev–Trinajstić information content (AvgIpc) is 2.69. The quantitative estimate of drug-likeness (QED) is 0.527. The third-order valence-corrected chi connectivity index (χ3v) is 2.31. The van der Waals surface area contributed by atoms with E-state index < -0.39 is 0 Å². The number of aliphatic hydroxyl groups is 1. The first kappa shape index (κ1) is 11.4. The Labute approximate surface area is 83.8 Å². The first-order valence-electron chi connectivity index (χ1n) is 4.91. The lowest BCUT2D eigenvalue weighted by molar-refractivity contribution is -0.124. The third kappa shape index (κ3) is 3.25. The van der Waals surface area contributed by atoms with Crippen molar-refractivity contribution in [2.45, 2.75) is 24.9 Å². The number of ether oxygens (including phenoxy) is 1. The maximum atomic E-state index is 11.5. The van der Waals surface area contributed by atoms with Gasteiger partial charge in [0.15, 0.2) is 0 Å². The van der Waals surface area contributed by atoms with Gasteiger partial charge in [0.1, 0.15) is 0 Å². The molecule has 3 N–H and O–H groups in total. The molecule has 1 heterocycles. The zero-order valence-electron chi connectivity index (χ0n) is 8.45. The standard InChI is InChI=1S/C9H18N2O3/c1-14-6-7(5-12)11-9(13)8-3-2-4-10-8/h7-8,10,12H,2-6H2,1H3,(H,11,13)/t7?,8-/m0/s1. The molecule has 1 fully saturated rings. The predicted octanol–water partition coefficient (Wildman–Crippen LogP) is -1.14. The van der Waals surface area contributed by atoms with Crippen LogP contribution in [0.4, 0.5) is 0 Å². The normalized spacial score (nSPS) is 23.4. The van der Waals surface area contributed by atoms with Gasteiger partial charge in [-0.3, -0.25) is 4.79 Å². The predicted molar refractivity (Wildman–Crippen MR) is 51.9 cm³/mol. The molecular weight excluding hydrogens is 184 g/mol. The van der Waals surface area contributed by atoms with Crippen LogP contribution >= 0.6 is 0 Å². The molecule has 5 heteroatoms. The summed E-state index contributed by atoms with van der Waals surface area (Å²) < 4.78 is 4.86. The molecule has 2 atom stereocenters. The van der Waals surface area contributed by atoms with Gasteiger partial charge in [0.2, 0.25) is 5.91 Å². The van der Waals surface area contributed by atoms with Crippen molar-refractivity contribution in [3.05, 3.63) is 0 Å². The Kier molecular flexibility index (Phi) is 4.86. The lowest BCUT2D eigenvalue weighted by Crippen LogP contribution is -2.48. The van der Waals surface area contributed by atoms with Crippen LogP contribution in [0.15, 0.2) is 0 Å². The van der Waals surface area contributed by atoms with Crippen molar-refractivity contribution in [1.82, 2.24) is 10.6 Å². The zero-order chi connectivity index (χ0) is 10.4. The fourth-order valence-corrected chi connectivity index (χ4v) is 1.55. The highest BCUT2D eigenvalue weighted by atomic mass is 16.5. The van der Waals surface area contributed by atoms with E-state index in [2.05, 4.69) is 10.6 Å². The van der Waals surface area contributed by atoms with Gasteiger partial charge < -0.3 is 20.5 Å². The van der Waals surface area contributed by atoms with Gasteiger partial charge >= 0.3 is 0 Å². The number of aliphatic hydroxyl groups excluding tert-OH is 1. The minimum absolute atomic E-state index is 0.0430. The highest BCUT2D eigenvalue weighted by molar-refractivity contribution is 5.82. The summed E-state index contributed by atoms with van der Waals surface area (Å²) in [7, 11) is 1.54. The molecule has 1 aliphatic rings. The molecule has 1 unspecified atom stereocenters. The number of hydrogen-bond acceptors (Lipinski definition) is 4. The van der Waals surface area contributed by atoms with Crippen molar-refractivity contribution >= 4 is 5.91 Å². The summed E-state index contributed by atoms with van der Waals surface area (Å²) in [4.78, 5) is 11.5. The van der Waals surface area contributed by atoms with E-state index >= 15 is 0 Å². The van der Waals surface area contributed by atoms with Gasteiger partial charge in [0, 0.05) is 7.11 Å². The number of nitrogens with one attached hydrogen (secondary N) is 2. The van der Waals surface area contributed by atoms with Crippen molar-refractivity contribution in [3.63, 3.8) is 0 Å². The van der Waals surface area contributed by atoms with Gasteiger partial charge in [0.25, 0.3) is 0 Å². The van der Waals surface area contributed by atoms with Crippen molar-refractivity contribution in [3.8, 4) is 0 Å². The topological polar surface area (TPSA) is 70.6 Å². The average molecular weight is 202 g/mol. The molecule has 0 bridgehead atoms. The van der Waals surface area contributed by atoms with Crippen LogP contribution in [-0.4, -0.2) is 50.0 Å². The number of rotatable bonds is 5. The van der Waals surface area contributed by atoms with Crippen LogP contribution in [0.25, 0.3) is 0 Å². The van der Waals surface area contributed by atoms with Crippen LogP contribution in [0.3, 0.4) is 0 Å². The smallest absolute Gasteiger partial charge is 0.237 e. The molecule has 1 saturated heterocycles. The van der Waals surface area contributed by atoms with Crippen LogP contribution < -0.4 is 10.6 Å². The molecule has 5 nitrogen and oxygen atoms in total. The zero-order valence-corrected chi connectivity index (χ0v) is 8.45. The van der Waals surface area contributed by atoms with E-state index in [0.29, 0.717) is 6.61 Å². The van der Waals surface area contributed by atoms with Gasteiger partial charge in [-0.15, -0.1) is 0 Å².